The van der Waals surface area contributed by atoms with E-state index in [0.29, 0.717) is 57.4 Å². The zero-order chi connectivity index (χ0) is 32.9. The lowest BCUT2D eigenvalue weighted by molar-refractivity contribution is -0.151. The van der Waals surface area contributed by atoms with Crippen LogP contribution in [0.2, 0.25) is 0 Å². The Bertz CT molecular complexity index is 1390. The number of fused-ring (bicyclic) bond motifs is 1. The van der Waals surface area contributed by atoms with E-state index < -0.39 is 18.3 Å². The summed E-state index contributed by atoms with van der Waals surface area (Å²) in [6, 6.07) is 13.9. The van der Waals surface area contributed by atoms with Crippen LogP contribution in [0.5, 0.6) is 0 Å². The zero-order valence-corrected chi connectivity index (χ0v) is 28.2. The predicted molar refractivity (Wildman–Crippen MR) is 181 cm³/mol. The number of benzene rings is 2. The van der Waals surface area contributed by atoms with Crippen LogP contribution >= 0.6 is 0 Å². The number of likely N-dealkylation sites (tertiary alicyclic amines) is 2. The number of nitrogens with one attached hydrogen (secondary N) is 2. The Morgan fingerprint density at radius 3 is 2.15 bits per heavy atom. The highest BCUT2D eigenvalue weighted by Crippen LogP contribution is 2.33. The lowest BCUT2D eigenvalue weighted by atomic mass is 9.79. The van der Waals surface area contributed by atoms with Crippen LogP contribution in [0.15, 0.2) is 42.5 Å². The van der Waals surface area contributed by atoms with Gasteiger partial charge in [-0.3, -0.25) is 4.79 Å². The van der Waals surface area contributed by atoms with Crippen molar-refractivity contribution in [3.05, 3.63) is 64.7 Å². The number of aryl methyl sites for hydroxylation is 2. The molecular weight excluding hydrogens is 594 g/mol. The van der Waals surface area contributed by atoms with Gasteiger partial charge in [0.2, 0.25) is 6.10 Å². The summed E-state index contributed by atoms with van der Waals surface area (Å²) >= 11 is 0. The number of hydrogen-bond donors (Lipinski definition) is 2. The minimum absolute atomic E-state index is 0.0222. The quantitative estimate of drug-likeness (QED) is 0.425. The van der Waals surface area contributed by atoms with Crippen molar-refractivity contribution in [3.63, 3.8) is 0 Å². The van der Waals surface area contributed by atoms with Crippen molar-refractivity contribution in [2.75, 3.05) is 58.2 Å². The van der Waals surface area contributed by atoms with Crippen molar-refractivity contribution < 1.29 is 23.9 Å². The molecule has 47 heavy (non-hydrogen) atoms. The summed E-state index contributed by atoms with van der Waals surface area (Å²) in [6.45, 7) is 9.04. The molecule has 10 nitrogen and oxygen atoms in total. The first kappa shape index (κ1) is 33.3. The van der Waals surface area contributed by atoms with Gasteiger partial charge in [0, 0.05) is 51.6 Å². The van der Waals surface area contributed by atoms with Crippen LogP contribution in [0.3, 0.4) is 0 Å². The molecule has 4 aliphatic rings. The molecule has 2 aromatic carbocycles. The van der Waals surface area contributed by atoms with E-state index in [1.54, 1.807) is 12.0 Å². The molecule has 10 heteroatoms. The van der Waals surface area contributed by atoms with Crippen LogP contribution in [0.1, 0.15) is 66.9 Å². The number of amides is 4. The SMILES string of the molecule is CO[C@H](c1cc(C)cc(C)c1)C(OC(=O)N1CCC(N2CCc3ccccc3NC2=O)CC1)C(=O)N1CCC(C2CCNCC2)CC1. The first-order chi connectivity index (χ1) is 22.8. The van der Waals surface area contributed by atoms with Gasteiger partial charge in [-0.05, 0) is 101 Å². The maximum absolute atomic E-state index is 14.3. The minimum Gasteiger partial charge on any atom is -0.433 e. The summed E-state index contributed by atoms with van der Waals surface area (Å²) in [6.07, 6.45) is 4.08. The maximum Gasteiger partial charge on any atom is 0.410 e. The Balaban J connectivity index is 1.12. The van der Waals surface area contributed by atoms with Crippen LogP contribution in [0, 0.1) is 25.7 Å². The minimum atomic E-state index is -1.10. The standard InChI is InChI=1S/C37H51N5O5/c1-25-22-26(2)24-30(23-25)33(46-3)34(35(43)40-17-10-28(11-18-40)27-8-15-38-16-9-27)47-37(45)41-19-13-31(14-20-41)42-21-12-29-6-4-5-7-32(29)39-36(42)44/h4-7,22-24,27-28,31,33-34,38H,8-21H2,1-3H3,(H,39,44)/t33-,34?/m1/s1. The lowest BCUT2D eigenvalue weighted by Crippen LogP contribution is -2.52. The molecule has 6 rings (SSSR count). The second kappa shape index (κ2) is 15.1. The second-order valence-electron chi connectivity index (χ2n) is 13.9. The number of piperidine rings is 3. The van der Waals surface area contributed by atoms with Gasteiger partial charge < -0.3 is 34.8 Å². The highest BCUT2D eigenvalue weighted by atomic mass is 16.6. The van der Waals surface area contributed by atoms with Crippen molar-refractivity contribution in [3.8, 4) is 0 Å². The molecule has 2 N–H and O–H groups in total. The topological polar surface area (TPSA) is 103 Å². The van der Waals surface area contributed by atoms with E-state index in [9.17, 15) is 14.4 Å². The van der Waals surface area contributed by atoms with E-state index in [0.717, 1.165) is 60.3 Å². The summed E-state index contributed by atoms with van der Waals surface area (Å²) in [5.41, 5.74) is 4.94. The van der Waals surface area contributed by atoms with Crippen molar-refractivity contribution >= 4 is 23.7 Å². The number of urea groups is 1. The molecule has 1 unspecified atom stereocenters. The smallest absolute Gasteiger partial charge is 0.410 e. The molecule has 4 heterocycles. The highest BCUT2D eigenvalue weighted by molar-refractivity contribution is 5.91. The Kier molecular flexibility index (Phi) is 10.7. The number of hydrogen-bond acceptors (Lipinski definition) is 6. The number of rotatable bonds is 7. The third-order valence-corrected chi connectivity index (χ3v) is 10.8. The molecule has 4 amide bonds. The molecule has 254 valence electrons. The second-order valence-corrected chi connectivity index (χ2v) is 13.9. The van der Waals surface area contributed by atoms with Gasteiger partial charge in [0.1, 0.15) is 6.10 Å². The third kappa shape index (κ3) is 7.75. The van der Waals surface area contributed by atoms with Gasteiger partial charge in [0.15, 0.2) is 0 Å². The monoisotopic (exact) mass is 645 g/mol. The summed E-state index contributed by atoms with van der Waals surface area (Å²) in [7, 11) is 1.58. The molecule has 0 bridgehead atoms. The molecule has 0 aliphatic carbocycles. The van der Waals surface area contributed by atoms with Crippen molar-refractivity contribution in [1.82, 2.24) is 20.0 Å². The molecule has 2 aromatic rings. The van der Waals surface area contributed by atoms with Gasteiger partial charge in [-0.25, -0.2) is 9.59 Å². The summed E-state index contributed by atoms with van der Waals surface area (Å²) in [4.78, 5) is 46.6. The van der Waals surface area contributed by atoms with Gasteiger partial charge in [-0.1, -0.05) is 47.5 Å². The van der Waals surface area contributed by atoms with Crippen molar-refractivity contribution in [2.24, 2.45) is 11.8 Å². The number of para-hydroxylation sites is 1. The molecule has 4 aliphatic heterocycles. The first-order valence-electron chi connectivity index (χ1n) is 17.5. The number of methoxy groups -OCH3 is 1. The van der Waals surface area contributed by atoms with E-state index in [1.165, 1.54) is 12.8 Å². The van der Waals surface area contributed by atoms with Gasteiger partial charge in [0.25, 0.3) is 5.91 Å². The van der Waals surface area contributed by atoms with Crippen LogP contribution < -0.4 is 10.6 Å². The number of nitrogens with zero attached hydrogens (tertiary/aromatic N) is 3. The van der Waals surface area contributed by atoms with E-state index in [-0.39, 0.29) is 18.0 Å². The number of anilines is 1. The zero-order valence-electron chi connectivity index (χ0n) is 28.2. The summed E-state index contributed by atoms with van der Waals surface area (Å²) < 4.78 is 12.1. The lowest BCUT2D eigenvalue weighted by Gasteiger charge is -2.40. The van der Waals surface area contributed by atoms with E-state index in [2.05, 4.69) is 22.8 Å². The average molecular weight is 646 g/mol. The van der Waals surface area contributed by atoms with Gasteiger partial charge in [0.05, 0.1) is 0 Å². The molecule has 0 spiro atoms. The number of carbonyl (C=O) groups is 3. The molecule has 0 radical (unpaired) electrons. The van der Waals surface area contributed by atoms with E-state index in [1.807, 2.05) is 54.0 Å². The van der Waals surface area contributed by atoms with Gasteiger partial charge in [-0.2, -0.15) is 0 Å². The van der Waals surface area contributed by atoms with Crippen LogP contribution in [-0.2, 0) is 20.7 Å². The number of ether oxygens (including phenoxy) is 2. The molecule has 3 saturated heterocycles. The fourth-order valence-electron chi connectivity index (χ4n) is 8.22. The Morgan fingerprint density at radius 1 is 0.830 bits per heavy atom. The van der Waals surface area contributed by atoms with Crippen molar-refractivity contribution in [1.29, 1.82) is 0 Å². The Hall–Kier alpha value is -3.63. The fourth-order valence-corrected chi connectivity index (χ4v) is 8.22. The average Bonchev–Trinajstić information content (AvgIpc) is 3.26. The van der Waals surface area contributed by atoms with Crippen molar-refractivity contribution in [2.45, 2.75) is 77.0 Å². The van der Waals surface area contributed by atoms with Crippen LogP contribution in [0.4, 0.5) is 15.3 Å². The van der Waals surface area contributed by atoms with E-state index >= 15 is 0 Å². The van der Waals surface area contributed by atoms with Crippen LogP contribution in [-0.4, -0.2) is 97.8 Å². The molecule has 0 aromatic heterocycles. The molecule has 3 fully saturated rings. The highest BCUT2D eigenvalue weighted by Gasteiger charge is 2.40. The summed E-state index contributed by atoms with van der Waals surface area (Å²) in [5, 5.41) is 6.52. The molecule has 0 saturated carbocycles. The fraction of sp³-hybridized carbons (Fsp3) is 0.595. The molecule has 2 atom stereocenters. The maximum atomic E-state index is 14.3. The normalized spacial score (nSPS) is 21.4. The largest absolute Gasteiger partial charge is 0.433 e. The molecular formula is C37H51N5O5. The summed E-state index contributed by atoms with van der Waals surface area (Å²) in [5.74, 6) is 1.15. The van der Waals surface area contributed by atoms with E-state index in [4.69, 9.17) is 9.47 Å². The van der Waals surface area contributed by atoms with Gasteiger partial charge in [-0.15, -0.1) is 0 Å². The Morgan fingerprint density at radius 2 is 1.47 bits per heavy atom. The third-order valence-electron chi connectivity index (χ3n) is 10.8. The Labute approximate surface area is 279 Å². The van der Waals surface area contributed by atoms with Crippen LogP contribution in [0.25, 0.3) is 0 Å². The predicted octanol–water partition coefficient (Wildman–Crippen LogP) is 5.29. The number of carbonyl (C=O) groups excluding carboxylic acids is 3. The van der Waals surface area contributed by atoms with Gasteiger partial charge >= 0.3 is 12.1 Å². The first-order valence-corrected chi connectivity index (χ1v) is 17.5.